The summed E-state index contributed by atoms with van der Waals surface area (Å²) in [5, 5.41) is 11.8. The van der Waals surface area contributed by atoms with Crippen molar-refractivity contribution >= 4 is 11.9 Å². The van der Waals surface area contributed by atoms with E-state index in [2.05, 4.69) is 10.2 Å². The third kappa shape index (κ3) is 1.91. The molecule has 0 spiro atoms. The second-order valence-electron chi connectivity index (χ2n) is 4.60. The first-order valence-corrected chi connectivity index (χ1v) is 5.88. The molecule has 3 unspecified atom stereocenters. The first-order chi connectivity index (χ1) is 7.63. The van der Waals surface area contributed by atoms with E-state index in [1.54, 1.807) is 0 Å². The van der Waals surface area contributed by atoms with Crippen LogP contribution in [0.1, 0.15) is 26.2 Å². The van der Waals surface area contributed by atoms with Crippen molar-refractivity contribution in [2.45, 2.75) is 38.3 Å². The number of hydrogen-bond donors (Lipinski definition) is 2. The van der Waals surface area contributed by atoms with Gasteiger partial charge in [0.25, 0.3) is 0 Å². The third-order valence-electron chi connectivity index (χ3n) is 3.70. The summed E-state index contributed by atoms with van der Waals surface area (Å²) in [6.45, 7) is 2.87. The minimum atomic E-state index is -0.715. The molecule has 2 aliphatic rings. The Kier molecular flexibility index (Phi) is 3.14. The molecule has 16 heavy (non-hydrogen) atoms. The zero-order chi connectivity index (χ0) is 11.7. The van der Waals surface area contributed by atoms with E-state index >= 15 is 0 Å². The summed E-state index contributed by atoms with van der Waals surface area (Å²) in [6.07, 6.45) is 2.66. The van der Waals surface area contributed by atoms with Crippen LogP contribution in [0.3, 0.4) is 0 Å². The van der Waals surface area contributed by atoms with Crippen LogP contribution in [0.15, 0.2) is 0 Å². The van der Waals surface area contributed by atoms with Crippen molar-refractivity contribution in [2.24, 2.45) is 5.92 Å². The van der Waals surface area contributed by atoms with Gasteiger partial charge < -0.3 is 10.4 Å². The molecule has 0 radical (unpaired) electrons. The lowest BCUT2D eigenvalue weighted by molar-refractivity contribution is -0.143. The number of rotatable bonds is 4. The topological polar surface area (TPSA) is 69.6 Å². The summed E-state index contributed by atoms with van der Waals surface area (Å²) in [6, 6.07) is 0.374. The summed E-state index contributed by atoms with van der Waals surface area (Å²) in [5.74, 6) is -0.980. The number of nitrogens with one attached hydrogen (secondary N) is 1. The van der Waals surface area contributed by atoms with Crippen LogP contribution < -0.4 is 5.32 Å². The molecule has 2 fully saturated rings. The van der Waals surface area contributed by atoms with Gasteiger partial charge in [-0.1, -0.05) is 0 Å². The molecular weight excluding hydrogens is 208 g/mol. The highest BCUT2D eigenvalue weighted by atomic mass is 16.4. The Bertz CT molecular complexity index is 306. The van der Waals surface area contributed by atoms with Gasteiger partial charge in [-0.2, -0.15) is 0 Å². The fourth-order valence-corrected chi connectivity index (χ4v) is 3.03. The Morgan fingerprint density at radius 3 is 2.75 bits per heavy atom. The zero-order valence-electron chi connectivity index (χ0n) is 9.48. The Balaban J connectivity index is 1.97. The Labute approximate surface area is 94.8 Å². The van der Waals surface area contributed by atoms with Gasteiger partial charge in [0.2, 0.25) is 5.91 Å². The van der Waals surface area contributed by atoms with Gasteiger partial charge in [0.05, 0.1) is 12.5 Å². The first-order valence-electron chi connectivity index (χ1n) is 5.88. The average Bonchev–Trinajstić information content (AvgIpc) is 2.75. The van der Waals surface area contributed by atoms with Crippen molar-refractivity contribution < 1.29 is 14.7 Å². The van der Waals surface area contributed by atoms with Gasteiger partial charge in [0, 0.05) is 18.6 Å². The number of carboxylic acids is 1. The lowest BCUT2D eigenvalue weighted by atomic mass is 9.89. The zero-order valence-corrected chi connectivity index (χ0v) is 9.48. The van der Waals surface area contributed by atoms with Crippen LogP contribution in [0.5, 0.6) is 0 Å². The maximum Gasteiger partial charge on any atom is 0.308 e. The van der Waals surface area contributed by atoms with Crippen molar-refractivity contribution in [1.82, 2.24) is 10.2 Å². The quantitative estimate of drug-likeness (QED) is 0.711. The fraction of sp³-hybridized carbons (Fsp3) is 0.818. The summed E-state index contributed by atoms with van der Waals surface area (Å²) in [5.41, 5.74) is 0. The number of carbonyl (C=O) groups is 2. The fourth-order valence-electron chi connectivity index (χ4n) is 3.03. The number of fused-ring (bicyclic) bond motifs is 2. The van der Waals surface area contributed by atoms with Crippen LogP contribution >= 0.6 is 0 Å². The molecule has 2 heterocycles. The minimum absolute atomic E-state index is 0.00504. The van der Waals surface area contributed by atoms with Crippen LogP contribution in [-0.4, -0.2) is 47.1 Å². The standard InChI is InChI=1S/C11H18N2O3/c1-2-12-10(14)6-13-7-3-4-9(13)8(5-7)11(15)16/h7-9H,2-6H2,1H3,(H,12,14)(H,15,16). The molecule has 2 bridgehead atoms. The molecular formula is C11H18N2O3. The molecule has 1 amide bonds. The van der Waals surface area contributed by atoms with E-state index in [0.717, 1.165) is 12.8 Å². The second-order valence-corrected chi connectivity index (χ2v) is 4.60. The van der Waals surface area contributed by atoms with Crippen molar-refractivity contribution in [2.75, 3.05) is 13.1 Å². The molecule has 2 rings (SSSR count). The normalized spacial score (nSPS) is 32.9. The highest BCUT2D eigenvalue weighted by Gasteiger charge is 2.49. The van der Waals surface area contributed by atoms with E-state index in [0.29, 0.717) is 25.6 Å². The summed E-state index contributed by atoms with van der Waals surface area (Å²) in [7, 11) is 0. The van der Waals surface area contributed by atoms with E-state index in [1.165, 1.54) is 0 Å². The van der Waals surface area contributed by atoms with Crippen molar-refractivity contribution in [3.8, 4) is 0 Å². The Morgan fingerprint density at radius 2 is 2.19 bits per heavy atom. The highest BCUT2D eigenvalue weighted by molar-refractivity contribution is 5.78. The molecule has 0 aliphatic carbocycles. The maximum atomic E-state index is 11.5. The summed E-state index contributed by atoms with van der Waals surface area (Å²) < 4.78 is 0. The van der Waals surface area contributed by atoms with E-state index in [1.807, 2.05) is 6.92 Å². The predicted octanol–water partition coefficient (Wildman–Crippen LogP) is 0.0600. The SMILES string of the molecule is CCNC(=O)CN1C2CCC1C(C(=O)O)C2. The van der Waals surface area contributed by atoms with Crippen molar-refractivity contribution in [3.05, 3.63) is 0 Å². The molecule has 0 saturated carbocycles. The molecule has 5 heteroatoms. The smallest absolute Gasteiger partial charge is 0.308 e. The third-order valence-corrected chi connectivity index (χ3v) is 3.70. The molecule has 0 aromatic heterocycles. The molecule has 0 aromatic carbocycles. The molecule has 2 saturated heterocycles. The van der Waals surface area contributed by atoms with Gasteiger partial charge in [-0.15, -0.1) is 0 Å². The summed E-state index contributed by atoms with van der Waals surface area (Å²) in [4.78, 5) is 24.6. The van der Waals surface area contributed by atoms with Crippen LogP contribution in [0, 0.1) is 5.92 Å². The Hall–Kier alpha value is -1.10. The van der Waals surface area contributed by atoms with Gasteiger partial charge >= 0.3 is 5.97 Å². The number of carbonyl (C=O) groups excluding carboxylic acids is 1. The number of aliphatic carboxylic acids is 1. The maximum absolute atomic E-state index is 11.5. The molecule has 0 aromatic rings. The summed E-state index contributed by atoms with van der Waals surface area (Å²) >= 11 is 0. The highest BCUT2D eigenvalue weighted by Crippen LogP contribution is 2.41. The van der Waals surface area contributed by atoms with Crippen LogP contribution in [0.4, 0.5) is 0 Å². The molecule has 5 nitrogen and oxygen atoms in total. The molecule has 2 aliphatic heterocycles. The number of nitrogens with zero attached hydrogens (tertiary/aromatic N) is 1. The van der Waals surface area contributed by atoms with Crippen molar-refractivity contribution in [3.63, 3.8) is 0 Å². The number of carboxylic acid groups (broad SMARTS) is 1. The predicted molar refractivity (Wildman–Crippen MR) is 57.9 cm³/mol. The monoisotopic (exact) mass is 226 g/mol. The molecule has 2 N–H and O–H groups in total. The van der Waals surface area contributed by atoms with E-state index < -0.39 is 5.97 Å². The van der Waals surface area contributed by atoms with Gasteiger partial charge in [0.1, 0.15) is 0 Å². The van der Waals surface area contributed by atoms with Crippen LogP contribution in [-0.2, 0) is 9.59 Å². The van der Waals surface area contributed by atoms with E-state index in [9.17, 15) is 9.59 Å². The molecule has 90 valence electrons. The number of amides is 1. The lowest BCUT2D eigenvalue weighted by Crippen LogP contribution is -2.41. The van der Waals surface area contributed by atoms with E-state index in [-0.39, 0.29) is 17.9 Å². The van der Waals surface area contributed by atoms with E-state index in [4.69, 9.17) is 5.11 Å². The van der Waals surface area contributed by atoms with Gasteiger partial charge in [0.15, 0.2) is 0 Å². The Morgan fingerprint density at radius 1 is 1.44 bits per heavy atom. The number of likely N-dealkylation sites (N-methyl/N-ethyl adjacent to an activating group) is 1. The van der Waals surface area contributed by atoms with Gasteiger partial charge in [-0.05, 0) is 26.2 Å². The first kappa shape index (κ1) is 11.4. The van der Waals surface area contributed by atoms with Crippen LogP contribution in [0.2, 0.25) is 0 Å². The van der Waals surface area contributed by atoms with Crippen molar-refractivity contribution in [1.29, 1.82) is 0 Å². The number of hydrogen-bond acceptors (Lipinski definition) is 3. The molecule has 3 atom stereocenters. The van der Waals surface area contributed by atoms with Crippen LogP contribution in [0.25, 0.3) is 0 Å². The average molecular weight is 226 g/mol. The van der Waals surface area contributed by atoms with Gasteiger partial charge in [-0.25, -0.2) is 0 Å². The largest absolute Gasteiger partial charge is 0.481 e. The van der Waals surface area contributed by atoms with Gasteiger partial charge in [-0.3, -0.25) is 14.5 Å². The lowest BCUT2D eigenvalue weighted by Gasteiger charge is -2.21. The second kappa shape index (κ2) is 4.41. The minimum Gasteiger partial charge on any atom is -0.481 e.